The van der Waals surface area contributed by atoms with Gasteiger partial charge in [0.25, 0.3) is 0 Å². The number of rotatable bonds is 5. The van der Waals surface area contributed by atoms with Gasteiger partial charge in [0.1, 0.15) is 0 Å². The Labute approximate surface area is 74.5 Å². The Hall–Kier alpha value is -0.570. The zero-order valence-corrected chi connectivity index (χ0v) is 8.21. The number of amides is 1. The topological polar surface area (TPSA) is 69.1 Å². The molecule has 0 aliphatic rings. The molecule has 3 heteroatoms. The summed E-state index contributed by atoms with van der Waals surface area (Å²) in [5.74, 6) is 0.611. The van der Waals surface area contributed by atoms with Crippen molar-refractivity contribution in [3.63, 3.8) is 0 Å². The summed E-state index contributed by atoms with van der Waals surface area (Å²) < 4.78 is 0. The lowest BCUT2D eigenvalue weighted by atomic mass is 9.86. The van der Waals surface area contributed by atoms with Gasteiger partial charge in [0, 0.05) is 12.5 Å². The third-order valence-corrected chi connectivity index (χ3v) is 2.65. The van der Waals surface area contributed by atoms with E-state index in [0.717, 1.165) is 6.42 Å². The van der Waals surface area contributed by atoms with Crippen LogP contribution in [-0.4, -0.2) is 11.9 Å². The van der Waals surface area contributed by atoms with Crippen LogP contribution < -0.4 is 11.5 Å². The summed E-state index contributed by atoms with van der Waals surface area (Å²) in [6.07, 6.45) is 1.39. The first-order chi connectivity index (χ1) is 5.49. The van der Waals surface area contributed by atoms with Crippen molar-refractivity contribution in [1.82, 2.24) is 0 Å². The molecule has 3 nitrogen and oxygen atoms in total. The molecule has 0 saturated heterocycles. The molecule has 72 valence electrons. The van der Waals surface area contributed by atoms with Crippen molar-refractivity contribution in [2.75, 3.05) is 0 Å². The lowest BCUT2D eigenvalue weighted by Crippen LogP contribution is -2.36. The smallest absolute Gasteiger partial charge is 0.218 e. The fraction of sp³-hybridized carbons (Fsp3) is 0.889. The minimum Gasteiger partial charge on any atom is -0.370 e. The van der Waals surface area contributed by atoms with E-state index in [1.807, 2.05) is 0 Å². The minimum absolute atomic E-state index is 0.0857. The van der Waals surface area contributed by atoms with E-state index in [1.165, 1.54) is 0 Å². The number of hydrogen-bond acceptors (Lipinski definition) is 2. The van der Waals surface area contributed by atoms with Crippen LogP contribution in [0.3, 0.4) is 0 Å². The lowest BCUT2D eigenvalue weighted by Gasteiger charge is -2.23. The van der Waals surface area contributed by atoms with Gasteiger partial charge < -0.3 is 11.5 Å². The number of primary amides is 1. The Kier molecular flexibility index (Phi) is 4.90. The summed E-state index contributed by atoms with van der Waals surface area (Å²) in [5, 5.41) is 0. The van der Waals surface area contributed by atoms with Crippen molar-refractivity contribution in [3.05, 3.63) is 0 Å². The molecular weight excluding hydrogens is 152 g/mol. The van der Waals surface area contributed by atoms with Crippen LogP contribution >= 0.6 is 0 Å². The highest BCUT2D eigenvalue weighted by Crippen LogP contribution is 2.18. The van der Waals surface area contributed by atoms with E-state index < -0.39 is 0 Å². The molecule has 4 N–H and O–H groups in total. The van der Waals surface area contributed by atoms with Gasteiger partial charge in [-0.15, -0.1) is 0 Å². The fourth-order valence-electron chi connectivity index (χ4n) is 1.21. The first kappa shape index (κ1) is 11.4. The van der Waals surface area contributed by atoms with Crippen molar-refractivity contribution in [2.45, 2.75) is 39.7 Å². The quantitative estimate of drug-likeness (QED) is 0.646. The number of nitrogens with two attached hydrogens (primary N) is 2. The molecule has 0 aromatic rings. The van der Waals surface area contributed by atoms with Crippen LogP contribution in [0.15, 0.2) is 0 Å². The van der Waals surface area contributed by atoms with Crippen LogP contribution in [0.5, 0.6) is 0 Å². The van der Waals surface area contributed by atoms with E-state index in [-0.39, 0.29) is 11.9 Å². The van der Waals surface area contributed by atoms with Gasteiger partial charge in [-0.2, -0.15) is 0 Å². The monoisotopic (exact) mass is 172 g/mol. The van der Waals surface area contributed by atoms with Crippen LogP contribution in [-0.2, 0) is 4.79 Å². The number of carbonyl (C=O) groups excluding carboxylic acids is 1. The standard InChI is InChI=1S/C9H20N2O/c1-4-6(2)7(3)8(10)5-9(11)12/h6-8H,4-5,10H2,1-3H3,(H2,11,12). The van der Waals surface area contributed by atoms with E-state index in [4.69, 9.17) is 11.5 Å². The molecule has 3 atom stereocenters. The molecular formula is C9H20N2O. The molecule has 0 saturated carbocycles. The summed E-state index contributed by atoms with van der Waals surface area (Å²) in [6.45, 7) is 6.34. The highest BCUT2D eigenvalue weighted by Gasteiger charge is 2.19. The summed E-state index contributed by atoms with van der Waals surface area (Å²) in [4.78, 5) is 10.6. The first-order valence-electron chi connectivity index (χ1n) is 4.52. The van der Waals surface area contributed by atoms with Gasteiger partial charge in [-0.05, 0) is 11.8 Å². The van der Waals surface area contributed by atoms with E-state index in [1.54, 1.807) is 0 Å². The zero-order valence-electron chi connectivity index (χ0n) is 8.21. The van der Waals surface area contributed by atoms with Gasteiger partial charge in [-0.1, -0.05) is 27.2 Å². The van der Waals surface area contributed by atoms with E-state index in [0.29, 0.717) is 18.3 Å². The number of carbonyl (C=O) groups is 1. The van der Waals surface area contributed by atoms with Gasteiger partial charge in [-0.3, -0.25) is 4.79 Å². The van der Waals surface area contributed by atoms with Crippen molar-refractivity contribution >= 4 is 5.91 Å². The number of hydrogen-bond donors (Lipinski definition) is 2. The van der Waals surface area contributed by atoms with Crippen molar-refractivity contribution in [1.29, 1.82) is 0 Å². The first-order valence-corrected chi connectivity index (χ1v) is 4.52. The second-order valence-electron chi connectivity index (χ2n) is 3.58. The van der Waals surface area contributed by atoms with Gasteiger partial charge in [0.15, 0.2) is 0 Å². The fourth-order valence-corrected chi connectivity index (χ4v) is 1.21. The minimum atomic E-state index is -0.308. The van der Waals surface area contributed by atoms with Crippen LogP contribution in [0, 0.1) is 11.8 Å². The SMILES string of the molecule is CCC(C)C(C)C(N)CC(N)=O. The summed E-state index contributed by atoms with van der Waals surface area (Å²) in [5.41, 5.74) is 10.8. The summed E-state index contributed by atoms with van der Waals surface area (Å²) in [7, 11) is 0. The third kappa shape index (κ3) is 3.72. The molecule has 0 aliphatic carbocycles. The van der Waals surface area contributed by atoms with Crippen molar-refractivity contribution in [2.24, 2.45) is 23.3 Å². The zero-order chi connectivity index (χ0) is 9.72. The Morgan fingerprint density at radius 2 is 1.92 bits per heavy atom. The molecule has 12 heavy (non-hydrogen) atoms. The van der Waals surface area contributed by atoms with Crippen LogP contribution in [0.2, 0.25) is 0 Å². The average Bonchev–Trinajstić information content (AvgIpc) is 2.00. The molecule has 1 amide bonds. The van der Waals surface area contributed by atoms with Gasteiger partial charge in [-0.25, -0.2) is 0 Å². The van der Waals surface area contributed by atoms with Gasteiger partial charge >= 0.3 is 0 Å². The molecule has 0 heterocycles. The third-order valence-electron chi connectivity index (χ3n) is 2.65. The summed E-state index contributed by atoms with van der Waals surface area (Å²) >= 11 is 0. The highest BCUT2D eigenvalue weighted by molar-refractivity contribution is 5.74. The average molecular weight is 172 g/mol. The second-order valence-corrected chi connectivity index (χ2v) is 3.58. The normalized spacial score (nSPS) is 18.3. The van der Waals surface area contributed by atoms with Crippen molar-refractivity contribution in [3.8, 4) is 0 Å². The molecule has 0 spiro atoms. The Morgan fingerprint density at radius 3 is 2.25 bits per heavy atom. The van der Waals surface area contributed by atoms with Crippen LogP contribution in [0.4, 0.5) is 0 Å². The Balaban J connectivity index is 3.91. The molecule has 0 aromatic heterocycles. The van der Waals surface area contributed by atoms with E-state index in [2.05, 4.69) is 20.8 Å². The largest absolute Gasteiger partial charge is 0.370 e. The molecule has 0 aromatic carbocycles. The Bertz CT molecular complexity index is 147. The maximum absolute atomic E-state index is 10.6. The molecule has 0 aliphatic heterocycles. The molecule has 3 unspecified atom stereocenters. The Morgan fingerprint density at radius 1 is 1.42 bits per heavy atom. The second kappa shape index (κ2) is 5.14. The van der Waals surface area contributed by atoms with Crippen molar-refractivity contribution < 1.29 is 4.79 Å². The highest BCUT2D eigenvalue weighted by atomic mass is 16.1. The molecule has 0 radical (unpaired) electrons. The van der Waals surface area contributed by atoms with E-state index >= 15 is 0 Å². The maximum Gasteiger partial charge on any atom is 0.218 e. The van der Waals surface area contributed by atoms with Crippen LogP contribution in [0.1, 0.15) is 33.6 Å². The molecule has 0 rings (SSSR count). The molecule has 0 fully saturated rings. The van der Waals surface area contributed by atoms with Gasteiger partial charge in [0.05, 0.1) is 0 Å². The van der Waals surface area contributed by atoms with E-state index in [9.17, 15) is 4.79 Å². The van der Waals surface area contributed by atoms with Crippen LogP contribution in [0.25, 0.3) is 0 Å². The predicted molar refractivity (Wildman–Crippen MR) is 50.4 cm³/mol. The lowest BCUT2D eigenvalue weighted by molar-refractivity contribution is -0.118. The predicted octanol–water partition coefficient (Wildman–Crippen LogP) is 0.871. The maximum atomic E-state index is 10.6. The summed E-state index contributed by atoms with van der Waals surface area (Å²) in [6, 6.07) is -0.0857. The molecule has 0 bridgehead atoms. The van der Waals surface area contributed by atoms with Gasteiger partial charge in [0.2, 0.25) is 5.91 Å².